The topological polar surface area (TPSA) is 74.3 Å². The first-order valence-electron chi connectivity index (χ1n) is 9.32. The fourth-order valence-corrected chi connectivity index (χ4v) is 2.78. The molecule has 3 aromatic rings. The Kier molecular flexibility index (Phi) is 9.06. The fraction of sp³-hybridized carbons (Fsp3) is 0.333. The Morgan fingerprint density at radius 1 is 1.07 bits per heavy atom. The number of guanidine groups is 1. The molecule has 1 heterocycles. The normalized spacial score (nSPS) is 11.1. The molecule has 0 saturated carbocycles. The highest BCUT2D eigenvalue weighted by atomic mass is 127. The first-order chi connectivity index (χ1) is 13.2. The second-order valence-corrected chi connectivity index (χ2v) is 6.39. The number of rotatable bonds is 8. The van der Waals surface area contributed by atoms with Crippen LogP contribution in [-0.4, -0.2) is 42.7 Å². The van der Waals surface area contributed by atoms with Crippen molar-refractivity contribution in [1.82, 2.24) is 20.6 Å². The van der Waals surface area contributed by atoms with Gasteiger partial charge in [-0.15, -0.1) is 24.0 Å². The third-order valence-corrected chi connectivity index (χ3v) is 4.23. The van der Waals surface area contributed by atoms with Crippen LogP contribution in [0.25, 0.3) is 11.0 Å². The quantitative estimate of drug-likeness (QED) is 0.194. The Labute approximate surface area is 183 Å². The molecular weight excluding hydrogens is 465 g/mol. The highest BCUT2D eigenvalue weighted by Gasteiger charge is 2.02. The number of aromatic nitrogens is 2. The van der Waals surface area contributed by atoms with E-state index in [9.17, 15) is 0 Å². The van der Waals surface area contributed by atoms with Crippen molar-refractivity contribution in [2.45, 2.75) is 19.8 Å². The second-order valence-electron chi connectivity index (χ2n) is 6.39. The highest BCUT2D eigenvalue weighted by molar-refractivity contribution is 14.0. The monoisotopic (exact) mass is 493 g/mol. The number of aromatic amines is 1. The number of aryl methyl sites for hydroxylation is 2. The van der Waals surface area contributed by atoms with Crippen LogP contribution in [0.4, 0.5) is 0 Å². The van der Waals surface area contributed by atoms with E-state index in [1.165, 1.54) is 5.56 Å². The maximum Gasteiger partial charge on any atom is 0.191 e. The van der Waals surface area contributed by atoms with Crippen LogP contribution in [-0.2, 0) is 6.42 Å². The third-order valence-electron chi connectivity index (χ3n) is 4.23. The number of para-hydroxylation sites is 2. The maximum absolute atomic E-state index is 5.71. The molecule has 0 amide bonds. The number of nitrogens with zero attached hydrogens (tertiary/aromatic N) is 2. The largest absolute Gasteiger partial charge is 0.492 e. The lowest BCUT2D eigenvalue weighted by atomic mass is 10.2. The first kappa shape index (κ1) is 22.0. The molecule has 7 heteroatoms. The minimum absolute atomic E-state index is 0. The summed E-state index contributed by atoms with van der Waals surface area (Å²) in [5.74, 6) is 2.69. The highest BCUT2D eigenvalue weighted by Crippen LogP contribution is 2.11. The molecule has 3 rings (SSSR count). The molecule has 0 spiro atoms. The van der Waals surface area contributed by atoms with Crippen molar-refractivity contribution < 1.29 is 4.74 Å². The van der Waals surface area contributed by atoms with Gasteiger partial charge in [-0.05, 0) is 37.6 Å². The lowest BCUT2D eigenvalue weighted by Crippen LogP contribution is -2.39. The molecule has 0 bridgehead atoms. The van der Waals surface area contributed by atoms with E-state index in [1.807, 2.05) is 42.5 Å². The molecule has 1 aromatic heterocycles. The molecule has 0 saturated heterocycles. The van der Waals surface area contributed by atoms with Gasteiger partial charge < -0.3 is 20.4 Å². The first-order valence-corrected chi connectivity index (χ1v) is 9.32. The van der Waals surface area contributed by atoms with Crippen molar-refractivity contribution in [2.24, 2.45) is 4.99 Å². The van der Waals surface area contributed by atoms with Gasteiger partial charge in [0.2, 0.25) is 0 Å². The lowest BCUT2D eigenvalue weighted by Gasteiger charge is -2.12. The summed E-state index contributed by atoms with van der Waals surface area (Å²) in [5.41, 5.74) is 3.34. The number of benzene rings is 2. The zero-order valence-electron chi connectivity index (χ0n) is 16.4. The fourth-order valence-electron chi connectivity index (χ4n) is 2.78. The van der Waals surface area contributed by atoms with Gasteiger partial charge in [-0.3, -0.25) is 4.99 Å². The molecule has 28 heavy (non-hydrogen) atoms. The van der Waals surface area contributed by atoms with Crippen LogP contribution in [0.2, 0.25) is 0 Å². The second kappa shape index (κ2) is 11.5. The predicted octanol–water partition coefficient (Wildman–Crippen LogP) is 3.67. The van der Waals surface area contributed by atoms with Gasteiger partial charge in [0.25, 0.3) is 0 Å². The van der Waals surface area contributed by atoms with Gasteiger partial charge >= 0.3 is 0 Å². The zero-order chi connectivity index (χ0) is 18.9. The summed E-state index contributed by atoms with van der Waals surface area (Å²) in [6, 6.07) is 16.2. The number of fused-ring (bicyclic) bond motifs is 1. The maximum atomic E-state index is 5.71. The summed E-state index contributed by atoms with van der Waals surface area (Å²) >= 11 is 0. The summed E-state index contributed by atoms with van der Waals surface area (Å²) in [4.78, 5) is 12.2. The summed E-state index contributed by atoms with van der Waals surface area (Å²) in [7, 11) is 1.77. The van der Waals surface area contributed by atoms with Gasteiger partial charge in [0.1, 0.15) is 18.2 Å². The molecule has 0 unspecified atom stereocenters. The molecule has 2 aromatic carbocycles. The molecule has 0 radical (unpaired) electrons. The molecule has 0 aliphatic heterocycles. The van der Waals surface area contributed by atoms with Crippen LogP contribution < -0.4 is 15.4 Å². The predicted molar refractivity (Wildman–Crippen MR) is 126 cm³/mol. The van der Waals surface area contributed by atoms with E-state index < -0.39 is 0 Å². The van der Waals surface area contributed by atoms with Crippen molar-refractivity contribution in [2.75, 3.05) is 26.7 Å². The molecule has 0 fully saturated rings. The van der Waals surface area contributed by atoms with Crippen LogP contribution in [0.3, 0.4) is 0 Å². The molecule has 0 atom stereocenters. The van der Waals surface area contributed by atoms with Crippen LogP contribution in [0.1, 0.15) is 17.8 Å². The number of ether oxygens (including phenoxy) is 1. The molecule has 0 aliphatic rings. The minimum Gasteiger partial charge on any atom is -0.492 e. The Bertz CT molecular complexity index is 843. The van der Waals surface area contributed by atoms with Crippen molar-refractivity contribution in [3.8, 4) is 5.75 Å². The molecule has 0 aliphatic carbocycles. The van der Waals surface area contributed by atoms with E-state index in [1.54, 1.807) is 7.05 Å². The number of hydrogen-bond acceptors (Lipinski definition) is 3. The number of hydrogen-bond donors (Lipinski definition) is 3. The number of halogens is 1. The standard InChI is InChI=1S/C21H27N5O.HI/c1-16-9-11-17(12-10-16)27-15-14-24-21(22-2)23-13-5-8-20-25-18-6-3-4-7-19(18)26-20;/h3-4,6-7,9-12H,5,8,13-15H2,1-2H3,(H,25,26)(H2,22,23,24);1H. The molecular formula is C21H28IN5O. The van der Waals surface area contributed by atoms with E-state index in [0.29, 0.717) is 13.2 Å². The van der Waals surface area contributed by atoms with Gasteiger partial charge in [-0.2, -0.15) is 0 Å². The number of H-pyrrole nitrogens is 1. The SMILES string of the molecule is CN=C(NCCCc1nc2ccccc2[nH]1)NCCOc1ccc(C)cc1.I. The van der Waals surface area contributed by atoms with Crippen LogP contribution in [0, 0.1) is 6.92 Å². The smallest absolute Gasteiger partial charge is 0.191 e. The Hall–Kier alpha value is -2.29. The van der Waals surface area contributed by atoms with Gasteiger partial charge in [0, 0.05) is 20.0 Å². The Morgan fingerprint density at radius 2 is 1.82 bits per heavy atom. The van der Waals surface area contributed by atoms with Crippen molar-refractivity contribution in [1.29, 1.82) is 0 Å². The molecule has 6 nitrogen and oxygen atoms in total. The average Bonchev–Trinajstić information content (AvgIpc) is 3.11. The molecule has 150 valence electrons. The zero-order valence-corrected chi connectivity index (χ0v) is 18.7. The summed E-state index contributed by atoms with van der Waals surface area (Å²) in [6.07, 6.45) is 1.87. The van der Waals surface area contributed by atoms with E-state index in [0.717, 1.165) is 48.0 Å². The summed E-state index contributed by atoms with van der Waals surface area (Å²) < 4.78 is 5.71. The third kappa shape index (κ3) is 6.70. The van der Waals surface area contributed by atoms with Gasteiger partial charge in [0.05, 0.1) is 17.6 Å². The van der Waals surface area contributed by atoms with E-state index in [-0.39, 0.29) is 24.0 Å². The Morgan fingerprint density at radius 3 is 2.57 bits per heavy atom. The van der Waals surface area contributed by atoms with E-state index >= 15 is 0 Å². The van der Waals surface area contributed by atoms with Gasteiger partial charge in [0.15, 0.2) is 5.96 Å². The van der Waals surface area contributed by atoms with Crippen LogP contribution in [0.5, 0.6) is 5.75 Å². The summed E-state index contributed by atoms with van der Waals surface area (Å²) in [6.45, 7) is 4.17. The van der Waals surface area contributed by atoms with Crippen LogP contribution in [0.15, 0.2) is 53.5 Å². The lowest BCUT2D eigenvalue weighted by molar-refractivity contribution is 0.322. The number of imidazole rings is 1. The van der Waals surface area contributed by atoms with Crippen molar-refractivity contribution in [3.05, 3.63) is 59.9 Å². The summed E-state index contributed by atoms with van der Waals surface area (Å²) in [5, 5.41) is 6.58. The van der Waals surface area contributed by atoms with Crippen molar-refractivity contribution in [3.63, 3.8) is 0 Å². The number of nitrogens with one attached hydrogen (secondary N) is 3. The van der Waals surface area contributed by atoms with Crippen LogP contribution >= 0.6 is 24.0 Å². The van der Waals surface area contributed by atoms with E-state index in [2.05, 4.69) is 38.6 Å². The molecule has 3 N–H and O–H groups in total. The van der Waals surface area contributed by atoms with Gasteiger partial charge in [-0.25, -0.2) is 4.98 Å². The average molecular weight is 493 g/mol. The number of aliphatic imine (C=N–C) groups is 1. The minimum atomic E-state index is 0. The Balaban J connectivity index is 0.00000280. The van der Waals surface area contributed by atoms with E-state index in [4.69, 9.17) is 4.74 Å². The van der Waals surface area contributed by atoms with Gasteiger partial charge in [-0.1, -0.05) is 29.8 Å². The van der Waals surface area contributed by atoms with Crippen molar-refractivity contribution >= 4 is 41.0 Å².